The molecule has 1 aromatic rings. The first-order valence-corrected chi connectivity index (χ1v) is 5.47. The monoisotopic (exact) mass is 208 g/mol. The zero-order chi connectivity index (χ0) is 10.7. The van der Waals surface area contributed by atoms with Gasteiger partial charge in [-0.1, -0.05) is 12.1 Å². The molecule has 1 aliphatic heterocycles. The van der Waals surface area contributed by atoms with E-state index in [2.05, 4.69) is 17.1 Å². The fourth-order valence-corrected chi connectivity index (χ4v) is 2.05. The van der Waals surface area contributed by atoms with Crippen LogP contribution in [0.15, 0.2) is 24.3 Å². The van der Waals surface area contributed by atoms with Crippen molar-refractivity contribution in [2.24, 2.45) is 0 Å². The van der Waals surface area contributed by atoms with Crippen molar-refractivity contribution in [1.29, 1.82) is 0 Å². The van der Waals surface area contributed by atoms with Gasteiger partial charge in [-0.05, 0) is 24.6 Å². The summed E-state index contributed by atoms with van der Waals surface area (Å²) in [4.78, 5) is 2.38. The van der Waals surface area contributed by atoms with E-state index in [1.165, 1.54) is 6.07 Å². The Hall–Kier alpha value is -0.930. The molecule has 1 atom stereocenters. The number of hydrogen-bond donors (Lipinski definition) is 1. The van der Waals surface area contributed by atoms with E-state index in [4.69, 9.17) is 0 Å². The number of hydrogen-bond acceptors (Lipinski definition) is 2. The maximum atomic E-state index is 13.1. The highest BCUT2D eigenvalue weighted by atomic mass is 19.1. The highest BCUT2D eigenvalue weighted by molar-refractivity contribution is 5.19. The van der Waals surface area contributed by atoms with E-state index in [1.54, 1.807) is 12.1 Å². The fourth-order valence-electron chi connectivity index (χ4n) is 2.05. The normalized spacial score (nSPS) is 20.1. The molecular weight excluding hydrogens is 191 g/mol. The predicted molar refractivity (Wildman–Crippen MR) is 59.3 cm³/mol. The van der Waals surface area contributed by atoms with Gasteiger partial charge in [0.2, 0.25) is 0 Å². The zero-order valence-electron chi connectivity index (χ0n) is 9.04. The molecule has 0 bridgehead atoms. The molecule has 0 saturated carbocycles. The van der Waals surface area contributed by atoms with Gasteiger partial charge in [0.05, 0.1) is 0 Å². The van der Waals surface area contributed by atoms with E-state index >= 15 is 0 Å². The maximum Gasteiger partial charge on any atom is 0.123 e. The number of benzene rings is 1. The Morgan fingerprint density at radius 2 is 2.07 bits per heavy atom. The summed E-state index contributed by atoms with van der Waals surface area (Å²) in [7, 11) is 0. The van der Waals surface area contributed by atoms with Crippen LogP contribution in [0.5, 0.6) is 0 Å². The quantitative estimate of drug-likeness (QED) is 0.797. The molecule has 1 fully saturated rings. The van der Waals surface area contributed by atoms with E-state index < -0.39 is 0 Å². The van der Waals surface area contributed by atoms with Crippen LogP contribution in [0.25, 0.3) is 0 Å². The van der Waals surface area contributed by atoms with Gasteiger partial charge in [0.15, 0.2) is 0 Å². The van der Waals surface area contributed by atoms with Crippen molar-refractivity contribution in [3.05, 3.63) is 35.6 Å². The van der Waals surface area contributed by atoms with Crippen molar-refractivity contribution >= 4 is 0 Å². The van der Waals surface area contributed by atoms with Crippen molar-refractivity contribution in [1.82, 2.24) is 10.2 Å². The van der Waals surface area contributed by atoms with Gasteiger partial charge >= 0.3 is 0 Å². The standard InChI is InChI=1S/C12H17FN2/c1-10(15-7-5-14-6-8-15)11-3-2-4-12(13)9-11/h2-4,9-10,14H,5-8H2,1H3. The van der Waals surface area contributed by atoms with Gasteiger partial charge in [-0.25, -0.2) is 4.39 Å². The van der Waals surface area contributed by atoms with Gasteiger partial charge in [-0.2, -0.15) is 0 Å². The molecule has 2 nitrogen and oxygen atoms in total. The number of piperazine rings is 1. The summed E-state index contributed by atoms with van der Waals surface area (Å²) < 4.78 is 13.1. The fraction of sp³-hybridized carbons (Fsp3) is 0.500. The molecule has 0 aromatic heterocycles. The van der Waals surface area contributed by atoms with Gasteiger partial charge in [-0.3, -0.25) is 4.90 Å². The number of nitrogens with zero attached hydrogens (tertiary/aromatic N) is 1. The highest BCUT2D eigenvalue weighted by Gasteiger charge is 2.17. The van der Waals surface area contributed by atoms with Crippen LogP contribution in [0.2, 0.25) is 0 Å². The second-order valence-electron chi connectivity index (χ2n) is 4.02. The zero-order valence-corrected chi connectivity index (χ0v) is 9.04. The minimum absolute atomic E-state index is 0.144. The first kappa shape index (κ1) is 10.6. The summed E-state index contributed by atoms with van der Waals surface area (Å²) in [6.45, 7) is 6.27. The molecule has 82 valence electrons. The predicted octanol–water partition coefficient (Wildman–Crippen LogP) is 1.79. The molecule has 1 unspecified atom stereocenters. The van der Waals surface area contributed by atoms with Crippen molar-refractivity contribution in [3.63, 3.8) is 0 Å². The van der Waals surface area contributed by atoms with Crippen LogP contribution in [-0.2, 0) is 0 Å². The molecule has 1 N–H and O–H groups in total. The number of rotatable bonds is 2. The molecule has 0 radical (unpaired) electrons. The van der Waals surface area contributed by atoms with Crippen LogP contribution in [0, 0.1) is 5.82 Å². The lowest BCUT2D eigenvalue weighted by atomic mass is 10.1. The first-order chi connectivity index (χ1) is 7.27. The SMILES string of the molecule is CC(c1cccc(F)c1)N1CCNCC1. The summed E-state index contributed by atoms with van der Waals surface area (Å²) in [5, 5.41) is 3.32. The van der Waals surface area contributed by atoms with Gasteiger partial charge in [0, 0.05) is 32.2 Å². The van der Waals surface area contributed by atoms with Crippen molar-refractivity contribution in [2.45, 2.75) is 13.0 Å². The Morgan fingerprint density at radius 1 is 1.33 bits per heavy atom. The summed E-state index contributed by atoms with van der Waals surface area (Å²) >= 11 is 0. The lowest BCUT2D eigenvalue weighted by Gasteiger charge is -2.33. The number of nitrogens with one attached hydrogen (secondary N) is 1. The average molecular weight is 208 g/mol. The Kier molecular flexibility index (Phi) is 3.34. The smallest absolute Gasteiger partial charge is 0.123 e. The average Bonchev–Trinajstić information content (AvgIpc) is 2.29. The molecule has 3 heteroatoms. The van der Waals surface area contributed by atoms with Gasteiger partial charge in [0.25, 0.3) is 0 Å². The van der Waals surface area contributed by atoms with Crippen LogP contribution in [0.4, 0.5) is 4.39 Å². The molecule has 0 spiro atoms. The van der Waals surface area contributed by atoms with E-state index in [-0.39, 0.29) is 5.82 Å². The molecule has 0 aliphatic carbocycles. The van der Waals surface area contributed by atoms with Crippen LogP contribution in [0.3, 0.4) is 0 Å². The highest BCUT2D eigenvalue weighted by Crippen LogP contribution is 2.20. The van der Waals surface area contributed by atoms with Crippen molar-refractivity contribution in [3.8, 4) is 0 Å². The van der Waals surface area contributed by atoms with Crippen LogP contribution in [-0.4, -0.2) is 31.1 Å². The van der Waals surface area contributed by atoms with Crippen molar-refractivity contribution < 1.29 is 4.39 Å². The summed E-state index contributed by atoms with van der Waals surface area (Å²) in [5.41, 5.74) is 1.07. The van der Waals surface area contributed by atoms with Crippen molar-refractivity contribution in [2.75, 3.05) is 26.2 Å². The van der Waals surface area contributed by atoms with Crippen LogP contribution >= 0.6 is 0 Å². The third-order valence-corrected chi connectivity index (χ3v) is 3.03. The van der Waals surface area contributed by atoms with E-state index in [0.717, 1.165) is 31.7 Å². The molecular formula is C12H17FN2. The lowest BCUT2D eigenvalue weighted by molar-refractivity contribution is 0.185. The Labute approximate surface area is 90.1 Å². The maximum absolute atomic E-state index is 13.1. The molecule has 0 amide bonds. The molecule has 1 aliphatic rings. The van der Waals surface area contributed by atoms with Crippen LogP contribution < -0.4 is 5.32 Å². The third kappa shape index (κ3) is 2.55. The second kappa shape index (κ2) is 4.73. The number of halogens is 1. The Bertz CT molecular complexity index is 321. The summed E-state index contributed by atoms with van der Waals surface area (Å²) in [5.74, 6) is -0.144. The first-order valence-electron chi connectivity index (χ1n) is 5.47. The van der Waals surface area contributed by atoms with Gasteiger partial charge in [-0.15, -0.1) is 0 Å². The van der Waals surface area contributed by atoms with Gasteiger partial charge < -0.3 is 5.32 Å². The minimum atomic E-state index is -0.144. The minimum Gasteiger partial charge on any atom is -0.314 e. The third-order valence-electron chi connectivity index (χ3n) is 3.03. The van der Waals surface area contributed by atoms with E-state index in [9.17, 15) is 4.39 Å². The summed E-state index contributed by atoms with van der Waals surface area (Å²) in [6, 6.07) is 7.21. The second-order valence-corrected chi connectivity index (χ2v) is 4.02. The van der Waals surface area contributed by atoms with E-state index in [1.807, 2.05) is 6.07 Å². The van der Waals surface area contributed by atoms with Crippen LogP contribution in [0.1, 0.15) is 18.5 Å². The Morgan fingerprint density at radius 3 is 2.73 bits per heavy atom. The molecule has 15 heavy (non-hydrogen) atoms. The molecule has 1 heterocycles. The largest absolute Gasteiger partial charge is 0.314 e. The lowest BCUT2D eigenvalue weighted by Crippen LogP contribution is -2.44. The molecule has 1 saturated heterocycles. The molecule has 2 rings (SSSR count). The molecule has 1 aromatic carbocycles. The Balaban J connectivity index is 2.08. The summed E-state index contributed by atoms with van der Waals surface area (Å²) in [6.07, 6.45) is 0. The van der Waals surface area contributed by atoms with Gasteiger partial charge in [0.1, 0.15) is 5.82 Å². The topological polar surface area (TPSA) is 15.3 Å². The van der Waals surface area contributed by atoms with E-state index in [0.29, 0.717) is 6.04 Å².